The van der Waals surface area contributed by atoms with Crippen LogP contribution in [0.5, 0.6) is 0 Å². The number of nitrogens with two attached hydrogens (primary N) is 1. The van der Waals surface area contributed by atoms with Gasteiger partial charge in [-0.05, 0) is 74.0 Å². The molecule has 4 aromatic rings. The molecule has 0 amide bonds. The van der Waals surface area contributed by atoms with Crippen molar-refractivity contribution >= 4 is 21.9 Å². The van der Waals surface area contributed by atoms with Crippen LogP contribution in [0.2, 0.25) is 0 Å². The van der Waals surface area contributed by atoms with Crippen molar-refractivity contribution in [2.24, 2.45) is 12.8 Å². The monoisotopic (exact) mass is 374 g/mol. The van der Waals surface area contributed by atoms with E-state index in [0.29, 0.717) is 0 Å². The number of unbranched alkanes of at least 4 members (excludes halogenated alkanes) is 2. The van der Waals surface area contributed by atoms with Crippen LogP contribution in [-0.2, 0) is 19.9 Å². The molecule has 4 nitrogen and oxygen atoms in total. The van der Waals surface area contributed by atoms with Gasteiger partial charge in [-0.1, -0.05) is 31.5 Å². The lowest BCUT2D eigenvalue weighted by molar-refractivity contribution is 0.747. The number of H-pyrrole nitrogens is 1. The summed E-state index contributed by atoms with van der Waals surface area (Å²) in [5.41, 5.74) is 13.1. The second kappa shape index (κ2) is 8.19. The van der Waals surface area contributed by atoms with E-state index >= 15 is 0 Å². The van der Waals surface area contributed by atoms with E-state index in [2.05, 4.69) is 59.9 Å². The Morgan fingerprint density at radius 1 is 1.04 bits per heavy atom. The summed E-state index contributed by atoms with van der Waals surface area (Å²) in [4.78, 5) is 8.62. The highest BCUT2D eigenvalue weighted by Gasteiger charge is 2.18. The minimum Gasteiger partial charge on any atom is -0.352 e. The molecule has 0 aliphatic heterocycles. The summed E-state index contributed by atoms with van der Waals surface area (Å²) < 4.78 is 2.20. The second-order valence-corrected chi connectivity index (χ2v) is 7.69. The summed E-state index contributed by atoms with van der Waals surface area (Å²) in [6.45, 7) is 2.99. The predicted octanol–water partition coefficient (Wildman–Crippen LogP) is 5.35. The van der Waals surface area contributed by atoms with Gasteiger partial charge in [0.2, 0.25) is 0 Å². The summed E-state index contributed by atoms with van der Waals surface area (Å²) in [7, 11) is 2.10. The van der Waals surface area contributed by atoms with Gasteiger partial charge in [0.15, 0.2) is 5.82 Å². The van der Waals surface area contributed by atoms with Gasteiger partial charge >= 0.3 is 0 Å². The van der Waals surface area contributed by atoms with E-state index in [4.69, 9.17) is 10.7 Å². The van der Waals surface area contributed by atoms with Gasteiger partial charge in [-0.25, -0.2) is 4.98 Å². The van der Waals surface area contributed by atoms with E-state index in [9.17, 15) is 0 Å². The molecule has 28 heavy (non-hydrogen) atoms. The number of nitrogens with zero attached hydrogens (tertiary/aromatic N) is 2. The highest BCUT2D eigenvalue weighted by molar-refractivity contribution is 5.92. The second-order valence-electron chi connectivity index (χ2n) is 7.69. The first-order chi connectivity index (χ1) is 13.7. The SMILES string of the molecule is CCCCc1ccc2[nH]c(-c3nc4ccccc4n3C)c(CCCCN)c2c1. The largest absolute Gasteiger partial charge is 0.352 e. The molecule has 2 aromatic heterocycles. The molecule has 0 atom stereocenters. The minimum absolute atomic E-state index is 0.742. The zero-order chi connectivity index (χ0) is 19.5. The van der Waals surface area contributed by atoms with Crippen LogP contribution in [0.1, 0.15) is 43.7 Å². The lowest BCUT2D eigenvalue weighted by Gasteiger charge is -2.06. The Morgan fingerprint density at radius 3 is 2.68 bits per heavy atom. The maximum Gasteiger partial charge on any atom is 0.157 e. The van der Waals surface area contributed by atoms with Crippen molar-refractivity contribution in [2.45, 2.75) is 45.4 Å². The normalized spacial score (nSPS) is 11.7. The molecule has 0 fully saturated rings. The Kier molecular flexibility index (Phi) is 5.49. The summed E-state index contributed by atoms with van der Waals surface area (Å²) >= 11 is 0. The third kappa shape index (κ3) is 3.45. The number of aryl methyl sites for hydroxylation is 3. The molecule has 2 aromatic carbocycles. The molecule has 0 saturated heterocycles. The zero-order valence-electron chi connectivity index (χ0n) is 17.0. The van der Waals surface area contributed by atoms with Crippen LogP contribution in [0, 0.1) is 0 Å². The number of aromatic nitrogens is 3. The Hall–Kier alpha value is -2.59. The first kappa shape index (κ1) is 18.8. The number of imidazole rings is 1. The van der Waals surface area contributed by atoms with E-state index in [1.165, 1.54) is 34.9 Å². The number of rotatable bonds is 8. The van der Waals surface area contributed by atoms with Crippen LogP contribution in [0.15, 0.2) is 42.5 Å². The van der Waals surface area contributed by atoms with Gasteiger partial charge in [-0.3, -0.25) is 0 Å². The molecule has 0 unspecified atom stereocenters. The molecular weight excluding hydrogens is 344 g/mol. The maximum atomic E-state index is 5.76. The Bertz CT molecular complexity index is 1090. The third-order valence-corrected chi connectivity index (χ3v) is 5.68. The smallest absolute Gasteiger partial charge is 0.157 e. The van der Waals surface area contributed by atoms with Gasteiger partial charge in [0.05, 0.1) is 16.7 Å². The van der Waals surface area contributed by atoms with Crippen LogP contribution in [0.25, 0.3) is 33.5 Å². The number of hydrogen-bond donors (Lipinski definition) is 2. The number of hydrogen-bond acceptors (Lipinski definition) is 2. The van der Waals surface area contributed by atoms with E-state index in [0.717, 1.165) is 54.8 Å². The van der Waals surface area contributed by atoms with Crippen molar-refractivity contribution in [3.8, 4) is 11.5 Å². The van der Waals surface area contributed by atoms with Crippen LogP contribution < -0.4 is 5.73 Å². The fourth-order valence-electron chi connectivity index (χ4n) is 4.10. The predicted molar refractivity (Wildman–Crippen MR) is 119 cm³/mol. The zero-order valence-corrected chi connectivity index (χ0v) is 17.0. The Morgan fingerprint density at radius 2 is 1.89 bits per heavy atom. The molecule has 146 valence electrons. The van der Waals surface area contributed by atoms with Crippen LogP contribution in [-0.4, -0.2) is 21.1 Å². The van der Waals surface area contributed by atoms with Crippen molar-refractivity contribution in [1.29, 1.82) is 0 Å². The fraction of sp³-hybridized carbons (Fsp3) is 0.375. The molecule has 3 N–H and O–H groups in total. The molecule has 4 heteroatoms. The molecule has 2 heterocycles. The van der Waals surface area contributed by atoms with Gasteiger partial charge in [0.25, 0.3) is 0 Å². The summed E-state index contributed by atoms with van der Waals surface area (Å²) in [5.74, 6) is 1.01. The maximum absolute atomic E-state index is 5.76. The van der Waals surface area contributed by atoms with Crippen molar-refractivity contribution in [3.63, 3.8) is 0 Å². The summed E-state index contributed by atoms with van der Waals surface area (Å²) in [5, 5.41) is 1.34. The van der Waals surface area contributed by atoms with Crippen LogP contribution >= 0.6 is 0 Å². The molecule has 0 saturated carbocycles. The van der Waals surface area contributed by atoms with Gasteiger partial charge in [0.1, 0.15) is 0 Å². The fourth-order valence-corrected chi connectivity index (χ4v) is 4.10. The molecule has 0 aliphatic carbocycles. The quantitative estimate of drug-likeness (QED) is 0.409. The Balaban J connectivity index is 1.85. The molecule has 4 rings (SSSR count). The number of fused-ring (bicyclic) bond motifs is 2. The minimum atomic E-state index is 0.742. The molecule has 0 spiro atoms. The van der Waals surface area contributed by atoms with Gasteiger partial charge in [-0.15, -0.1) is 0 Å². The lowest BCUT2D eigenvalue weighted by Crippen LogP contribution is -2.00. The van der Waals surface area contributed by atoms with Crippen molar-refractivity contribution < 1.29 is 0 Å². The number of benzene rings is 2. The van der Waals surface area contributed by atoms with Crippen molar-refractivity contribution in [3.05, 3.63) is 53.6 Å². The van der Waals surface area contributed by atoms with E-state index in [-0.39, 0.29) is 0 Å². The van der Waals surface area contributed by atoms with Crippen LogP contribution in [0.3, 0.4) is 0 Å². The first-order valence-electron chi connectivity index (χ1n) is 10.5. The topological polar surface area (TPSA) is 59.6 Å². The Labute approximate surface area is 166 Å². The van der Waals surface area contributed by atoms with Gasteiger partial charge < -0.3 is 15.3 Å². The standard InChI is InChI=1S/C24H30N4/c1-3-4-9-17-13-14-20-19(16-17)18(10-7-8-15-25)23(26-20)24-27-21-11-5-6-12-22(21)28(24)2/h5-6,11-14,16,26H,3-4,7-10,15,25H2,1-2H3. The lowest BCUT2D eigenvalue weighted by atomic mass is 10.0. The molecule has 0 aliphatic rings. The van der Waals surface area contributed by atoms with Crippen molar-refractivity contribution in [1.82, 2.24) is 14.5 Å². The van der Waals surface area contributed by atoms with E-state index in [1.807, 2.05) is 6.07 Å². The molecular formula is C24H30N4. The first-order valence-corrected chi connectivity index (χ1v) is 10.5. The van der Waals surface area contributed by atoms with E-state index < -0.39 is 0 Å². The summed E-state index contributed by atoms with van der Waals surface area (Å²) in [6, 6.07) is 15.2. The number of para-hydroxylation sites is 2. The van der Waals surface area contributed by atoms with Crippen molar-refractivity contribution in [2.75, 3.05) is 6.54 Å². The number of nitrogens with one attached hydrogen (secondary N) is 1. The third-order valence-electron chi connectivity index (χ3n) is 5.68. The molecule has 0 radical (unpaired) electrons. The van der Waals surface area contributed by atoms with Gasteiger partial charge in [-0.2, -0.15) is 0 Å². The average Bonchev–Trinajstić information content (AvgIpc) is 3.24. The highest BCUT2D eigenvalue weighted by atomic mass is 15.1. The van der Waals surface area contributed by atoms with E-state index in [1.54, 1.807) is 0 Å². The highest BCUT2D eigenvalue weighted by Crippen LogP contribution is 2.33. The van der Waals surface area contributed by atoms with Crippen LogP contribution in [0.4, 0.5) is 0 Å². The molecule has 0 bridgehead atoms. The summed E-state index contributed by atoms with van der Waals surface area (Å²) in [6.07, 6.45) is 6.76. The average molecular weight is 375 g/mol. The van der Waals surface area contributed by atoms with Gasteiger partial charge in [0, 0.05) is 18.0 Å². The number of aromatic amines is 1.